The van der Waals surface area contributed by atoms with Crippen LogP contribution in [0.5, 0.6) is 5.75 Å². The van der Waals surface area contributed by atoms with Crippen LogP contribution in [0.15, 0.2) is 18.2 Å². The number of rotatable bonds is 2. The Balaban J connectivity index is 3.21. The number of primary amides is 1. The predicted molar refractivity (Wildman–Crippen MR) is 50.0 cm³/mol. The van der Waals surface area contributed by atoms with Crippen molar-refractivity contribution in [2.75, 3.05) is 7.05 Å². The van der Waals surface area contributed by atoms with E-state index in [-0.39, 0.29) is 16.9 Å². The monoisotopic (exact) mass is 194 g/mol. The number of nitrogens with two attached hydrogens (primary N) is 1. The molecule has 0 saturated heterocycles. The molecule has 5 nitrogen and oxygen atoms in total. The number of carbonyl (C=O) groups excluding carboxylic acids is 2. The fraction of sp³-hybridized carbons (Fsp3) is 0.111. The van der Waals surface area contributed by atoms with E-state index < -0.39 is 11.8 Å². The standard InChI is InChI=1S/C9H10N2O3/c1-11-9(14)6-4-5(8(10)13)2-3-7(6)12/h2-4,12H,1H3,(H2,10,13)(H,11,14). The Morgan fingerprint density at radius 1 is 1.43 bits per heavy atom. The molecule has 0 saturated carbocycles. The van der Waals surface area contributed by atoms with E-state index in [0.717, 1.165) is 0 Å². The van der Waals surface area contributed by atoms with Crippen molar-refractivity contribution in [1.29, 1.82) is 0 Å². The zero-order valence-electron chi connectivity index (χ0n) is 7.57. The maximum Gasteiger partial charge on any atom is 0.254 e. The largest absolute Gasteiger partial charge is 0.507 e. The highest BCUT2D eigenvalue weighted by Gasteiger charge is 2.11. The number of phenolic OH excluding ortho intramolecular Hbond substituents is 1. The lowest BCUT2D eigenvalue weighted by atomic mass is 10.1. The molecule has 2 amide bonds. The third-order valence-corrected chi connectivity index (χ3v) is 1.75. The molecule has 0 radical (unpaired) electrons. The summed E-state index contributed by atoms with van der Waals surface area (Å²) in [5, 5.41) is 11.6. The van der Waals surface area contributed by atoms with E-state index >= 15 is 0 Å². The molecule has 0 aliphatic heterocycles. The Hall–Kier alpha value is -2.04. The quantitative estimate of drug-likeness (QED) is 0.611. The van der Waals surface area contributed by atoms with Crippen molar-refractivity contribution in [3.05, 3.63) is 29.3 Å². The highest BCUT2D eigenvalue weighted by molar-refractivity contribution is 6.00. The molecular formula is C9H10N2O3. The molecule has 74 valence electrons. The number of carbonyl (C=O) groups is 2. The number of amides is 2. The first-order valence-corrected chi connectivity index (χ1v) is 3.91. The van der Waals surface area contributed by atoms with E-state index in [2.05, 4.69) is 5.32 Å². The molecule has 4 N–H and O–H groups in total. The van der Waals surface area contributed by atoms with Gasteiger partial charge in [-0.15, -0.1) is 0 Å². The fourth-order valence-electron chi connectivity index (χ4n) is 1.01. The summed E-state index contributed by atoms with van der Waals surface area (Å²) in [6, 6.07) is 3.85. The van der Waals surface area contributed by atoms with Crippen LogP contribution in [-0.2, 0) is 0 Å². The van der Waals surface area contributed by atoms with Gasteiger partial charge in [-0.3, -0.25) is 9.59 Å². The first kappa shape index (κ1) is 10.0. The number of hydrogen-bond acceptors (Lipinski definition) is 3. The van der Waals surface area contributed by atoms with Gasteiger partial charge in [-0.05, 0) is 18.2 Å². The van der Waals surface area contributed by atoms with E-state index in [1.807, 2.05) is 0 Å². The Morgan fingerprint density at radius 3 is 2.57 bits per heavy atom. The van der Waals surface area contributed by atoms with Crippen LogP contribution in [0.25, 0.3) is 0 Å². The molecule has 14 heavy (non-hydrogen) atoms. The van der Waals surface area contributed by atoms with Gasteiger partial charge in [0.2, 0.25) is 5.91 Å². The van der Waals surface area contributed by atoms with Gasteiger partial charge in [0.1, 0.15) is 5.75 Å². The third kappa shape index (κ3) is 1.82. The van der Waals surface area contributed by atoms with Gasteiger partial charge in [0.05, 0.1) is 5.56 Å². The zero-order valence-corrected chi connectivity index (χ0v) is 7.57. The number of nitrogens with one attached hydrogen (secondary N) is 1. The predicted octanol–water partition coefficient (Wildman–Crippen LogP) is -0.149. The van der Waals surface area contributed by atoms with Crippen molar-refractivity contribution >= 4 is 11.8 Å². The minimum absolute atomic E-state index is 0.0313. The molecule has 0 aromatic heterocycles. The van der Waals surface area contributed by atoms with Crippen molar-refractivity contribution in [2.24, 2.45) is 5.73 Å². The van der Waals surface area contributed by atoms with Crippen molar-refractivity contribution in [1.82, 2.24) is 5.32 Å². The lowest BCUT2D eigenvalue weighted by Gasteiger charge is -2.04. The Labute approximate surface area is 80.5 Å². The third-order valence-electron chi connectivity index (χ3n) is 1.75. The van der Waals surface area contributed by atoms with E-state index in [0.29, 0.717) is 0 Å². The van der Waals surface area contributed by atoms with Gasteiger partial charge in [-0.1, -0.05) is 0 Å². The van der Waals surface area contributed by atoms with Crippen molar-refractivity contribution in [3.8, 4) is 5.75 Å². The second-order valence-corrected chi connectivity index (χ2v) is 2.68. The summed E-state index contributed by atoms with van der Waals surface area (Å²) in [6.07, 6.45) is 0. The van der Waals surface area contributed by atoms with Crippen LogP contribution in [-0.4, -0.2) is 24.0 Å². The van der Waals surface area contributed by atoms with E-state index in [4.69, 9.17) is 5.73 Å². The summed E-state index contributed by atoms with van der Waals surface area (Å²) in [5.74, 6) is -1.30. The molecule has 1 aromatic carbocycles. The molecule has 0 bridgehead atoms. The van der Waals surface area contributed by atoms with Crippen LogP contribution in [0.2, 0.25) is 0 Å². The average Bonchev–Trinajstić information content (AvgIpc) is 2.17. The SMILES string of the molecule is CNC(=O)c1cc(C(N)=O)ccc1O. The molecular weight excluding hydrogens is 184 g/mol. The molecule has 0 atom stereocenters. The van der Waals surface area contributed by atoms with Gasteiger partial charge < -0.3 is 16.2 Å². The molecule has 0 aliphatic carbocycles. The lowest BCUT2D eigenvalue weighted by Crippen LogP contribution is -2.19. The summed E-state index contributed by atoms with van der Waals surface area (Å²) in [4.78, 5) is 22.0. The maximum absolute atomic E-state index is 11.2. The van der Waals surface area contributed by atoms with Gasteiger partial charge in [0.25, 0.3) is 5.91 Å². The smallest absolute Gasteiger partial charge is 0.254 e. The van der Waals surface area contributed by atoms with Crippen LogP contribution >= 0.6 is 0 Å². The Kier molecular flexibility index (Phi) is 2.71. The van der Waals surface area contributed by atoms with Gasteiger partial charge in [-0.2, -0.15) is 0 Å². The average molecular weight is 194 g/mol. The van der Waals surface area contributed by atoms with Crippen LogP contribution in [0.3, 0.4) is 0 Å². The molecule has 0 heterocycles. The number of aromatic hydroxyl groups is 1. The first-order chi connectivity index (χ1) is 6.56. The maximum atomic E-state index is 11.2. The molecule has 0 fully saturated rings. The molecule has 0 spiro atoms. The molecule has 5 heteroatoms. The van der Waals surface area contributed by atoms with Crippen LogP contribution in [0, 0.1) is 0 Å². The summed E-state index contributed by atoms with van der Waals surface area (Å²) >= 11 is 0. The Morgan fingerprint density at radius 2 is 2.07 bits per heavy atom. The van der Waals surface area contributed by atoms with Crippen molar-refractivity contribution < 1.29 is 14.7 Å². The number of phenols is 1. The minimum atomic E-state index is -0.643. The highest BCUT2D eigenvalue weighted by Crippen LogP contribution is 2.17. The summed E-state index contributed by atoms with van der Waals surface area (Å²) in [5.41, 5.74) is 5.24. The second-order valence-electron chi connectivity index (χ2n) is 2.68. The normalized spacial score (nSPS) is 9.50. The van der Waals surface area contributed by atoms with Crippen LogP contribution < -0.4 is 11.1 Å². The second kappa shape index (κ2) is 3.78. The summed E-state index contributed by atoms with van der Waals surface area (Å²) < 4.78 is 0. The molecule has 0 unspecified atom stereocenters. The van der Waals surface area contributed by atoms with Gasteiger partial charge in [-0.25, -0.2) is 0 Å². The van der Waals surface area contributed by atoms with Crippen molar-refractivity contribution in [2.45, 2.75) is 0 Å². The number of benzene rings is 1. The van der Waals surface area contributed by atoms with E-state index in [1.165, 1.54) is 25.2 Å². The van der Waals surface area contributed by atoms with Gasteiger partial charge in [0.15, 0.2) is 0 Å². The zero-order chi connectivity index (χ0) is 10.7. The molecule has 1 rings (SSSR count). The van der Waals surface area contributed by atoms with Gasteiger partial charge >= 0.3 is 0 Å². The molecule has 1 aromatic rings. The highest BCUT2D eigenvalue weighted by atomic mass is 16.3. The summed E-state index contributed by atoms with van der Waals surface area (Å²) in [6.45, 7) is 0. The van der Waals surface area contributed by atoms with E-state index in [1.54, 1.807) is 0 Å². The van der Waals surface area contributed by atoms with Gasteiger partial charge in [0, 0.05) is 12.6 Å². The lowest BCUT2D eigenvalue weighted by molar-refractivity contribution is 0.0960. The topological polar surface area (TPSA) is 92.4 Å². The Bertz CT molecular complexity index is 388. The van der Waals surface area contributed by atoms with Crippen molar-refractivity contribution in [3.63, 3.8) is 0 Å². The molecule has 0 aliphatic rings. The minimum Gasteiger partial charge on any atom is -0.507 e. The summed E-state index contributed by atoms with van der Waals surface area (Å²) in [7, 11) is 1.43. The fourth-order valence-corrected chi connectivity index (χ4v) is 1.01. The number of hydrogen-bond donors (Lipinski definition) is 3. The van der Waals surface area contributed by atoms with E-state index in [9.17, 15) is 14.7 Å². The first-order valence-electron chi connectivity index (χ1n) is 3.91. The van der Waals surface area contributed by atoms with Crippen LogP contribution in [0.1, 0.15) is 20.7 Å². The van der Waals surface area contributed by atoms with Crippen LogP contribution in [0.4, 0.5) is 0 Å².